The van der Waals surface area contributed by atoms with E-state index in [2.05, 4.69) is 56.1 Å². The number of allylic oxidation sites excluding steroid dienone is 8. The van der Waals surface area contributed by atoms with Crippen LogP contribution in [0.3, 0.4) is 0 Å². The molecule has 0 fully saturated rings. The van der Waals surface area contributed by atoms with Gasteiger partial charge in [-0.2, -0.15) is 0 Å². The Hall–Kier alpha value is 0.627. The van der Waals surface area contributed by atoms with E-state index in [0.29, 0.717) is 0 Å². The van der Waals surface area contributed by atoms with Crippen LogP contribution in [0, 0.1) is 0 Å². The van der Waals surface area contributed by atoms with Crippen LogP contribution in [-0.2, 0) is 17.1 Å². The monoisotopic (exact) mass is 526 g/mol. The van der Waals surface area contributed by atoms with E-state index in [1.165, 1.54) is 25.7 Å². The molecule has 0 heterocycles. The van der Waals surface area contributed by atoms with Crippen LogP contribution < -0.4 is 0 Å². The zero-order valence-corrected chi connectivity index (χ0v) is 21.6. The maximum absolute atomic E-state index is 3.02. The largest absolute Gasteiger partial charge is 0.147 e. The van der Waals surface area contributed by atoms with Crippen molar-refractivity contribution in [3.8, 4) is 0 Å². The Morgan fingerprint density at radius 2 is 1.18 bits per heavy atom. The van der Waals surface area contributed by atoms with E-state index in [0.717, 1.165) is 0 Å². The summed E-state index contributed by atoms with van der Waals surface area (Å²) in [4.78, 5) is 0. The van der Waals surface area contributed by atoms with Crippen LogP contribution in [-0.4, -0.2) is 6.94 Å². The molecule has 0 saturated carbocycles. The second-order valence-corrected chi connectivity index (χ2v) is 48.7. The van der Waals surface area contributed by atoms with E-state index < -0.39 is 17.1 Å². The number of hydrogen-bond acceptors (Lipinski definition) is 0. The van der Waals surface area contributed by atoms with E-state index in [4.69, 9.17) is 0 Å². The van der Waals surface area contributed by atoms with Crippen LogP contribution >= 0.6 is 24.8 Å². The molecule has 0 aromatic carbocycles. The molecule has 2 aliphatic carbocycles. The zero-order chi connectivity index (χ0) is 15.2. The van der Waals surface area contributed by atoms with E-state index in [9.17, 15) is 0 Å². The first-order valence-electron chi connectivity index (χ1n) is 8.04. The van der Waals surface area contributed by atoms with Crippen molar-refractivity contribution in [3.05, 3.63) is 41.1 Å². The fourth-order valence-electron chi connectivity index (χ4n) is 4.09. The van der Waals surface area contributed by atoms with Gasteiger partial charge in [-0.25, -0.2) is 0 Å². The minimum absolute atomic E-state index is 0. The van der Waals surface area contributed by atoms with E-state index in [1.54, 1.807) is 22.3 Å². The van der Waals surface area contributed by atoms with Gasteiger partial charge in [0.2, 0.25) is 0 Å². The molecule has 0 unspecified atom stereocenters. The van der Waals surface area contributed by atoms with Crippen molar-refractivity contribution < 1.29 is 17.1 Å². The first-order valence-corrected chi connectivity index (χ1v) is 27.2. The summed E-state index contributed by atoms with van der Waals surface area (Å²) >= 11 is -3.02. The molecule has 2 aliphatic rings. The summed E-state index contributed by atoms with van der Waals surface area (Å²) in [6.45, 7) is 11.7. The summed E-state index contributed by atoms with van der Waals surface area (Å²) in [5.41, 5.74) is 6.50. The maximum Gasteiger partial charge on any atom is -0.147 e. The van der Waals surface area contributed by atoms with E-state index >= 15 is 0 Å². The van der Waals surface area contributed by atoms with Crippen molar-refractivity contribution in [2.45, 2.75) is 62.7 Å². The molecule has 0 N–H and O–H groups in total. The predicted molar refractivity (Wildman–Crippen MR) is 106 cm³/mol. The van der Waals surface area contributed by atoms with Crippen molar-refractivity contribution >= 4 is 31.8 Å². The van der Waals surface area contributed by atoms with Gasteiger partial charge in [0.25, 0.3) is 0 Å². The molecule has 0 aliphatic heterocycles. The molecule has 0 saturated heterocycles. The maximum atomic E-state index is 2.67. The minimum atomic E-state index is -3.02. The third-order valence-electron chi connectivity index (χ3n) is 5.44. The predicted octanol–water partition coefficient (Wildman–Crippen LogP) is 6.19. The van der Waals surface area contributed by atoms with Gasteiger partial charge < -0.3 is 0 Å². The van der Waals surface area contributed by atoms with Crippen LogP contribution in [0.1, 0.15) is 53.4 Å². The molecular formula is C18H32Cl2HfSi. The third-order valence-corrected chi connectivity index (χ3v) is 30.4. The Morgan fingerprint density at radius 1 is 0.864 bits per heavy atom. The van der Waals surface area contributed by atoms with Crippen molar-refractivity contribution in [1.82, 2.24) is 0 Å². The van der Waals surface area contributed by atoms with Gasteiger partial charge in [0.05, 0.1) is 0 Å². The van der Waals surface area contributed by atoms with Crippen molar-refractivity contribution in [3.63, 3.8) is 0 Å². The van der Waals surface area contributed by atoms with Crippen molar-refractivity contribution in [2.24, 2.45) is 0 Å². The molecule has 0 nitrogen and oxygen atoms in total. The fourth-order valence-corrected chi connectivity index (χ4v) is 27.3. The van der Waals surface area contributed by atoms with Gasteiger partial charge in [-0.05, 0) is 0 Å². The molecule has 0 bridgehead atoms. The average Bonchev–Trinajstić information content (AvgIpc) is 2.92. The Labute approximate surface area is 151 Å². The molecule has 0 spiro atoms. The molecule has 0 amide bonds. The van der Waals surface area contributed by atoms with Crippen molar-refractivity contribution in [1.29, 1.82) is 0 Å². The van der Waals surface area contributed by atoms with Gasteiger partial charge in [-0.3, -0.25) is 0 Å². The summed E-state index contributed by atoms with van der Waals surface area (Å²) in [5, 5.41) is 0. The molecule has 126 valence electrons. The second-order valence-electron chi connectivity index (χ2n) is 7.67. The Morgan fingerprint density at radius 3 is 1.41 bits per heavy atom. The van der Waals surface area contributed by atoms with Gasteiger partial charge in [-0.1, -0.05) is 0 Å². The van der Waals surface area contributed by atoms with Crippen LogP contribution in [0.15, 0.2) is 41.1 Å². The normalized spacial score (nSPS) is 18.9. The zero-order valence-electron chi connectivity index (χ0n) is 15.0. The van der Waals surface area contributed by atoms with E-state index in [-0.39, 0.29) is 24.8 Å². The first-order chi connectivity index (χ1) is 9.18. The van der Waals surface area contributed by atoms with Gasteiger partial charge >= 0.3 is 128 Å². The smallest absolute Gasteiger partial charge is 0.147 e. The van der Waals surface area contributed by atoms with Crippen molar-refractivity contribution in [2.75, 3.05) is 0 Å². The van der Waals surface area contributed by atoms with Gasteiger partial charge in [-0.15, -0.1) is 24.8 Å². The molecule has 22 heavy (non-hydrogen) atoms. The SMILES string of the molecule is CCC1=CC(C)=[C]([Hf]([CH3])([CH3])(=[SiH2])[C]2=C(C)C=C(CC)C2)C1.Cl.Cl. The Balaban J connectivity index is 0.00000220. The first kappa shape index (κ1) is 22.6. The minimum Gasteiger partial charge on any atom is -0.147 e. The van der Waals surface area contributed by atoms with Crippen LogP contribution in [0.5, 0.6) is 0 Å². The molecule has 2 rings (SSSR count). The van der Waals surface area contributed by atoms with Gasteiger partial charge in [0.1, 0.15) is 0 Å². The number of rotatable bonds is 4. The number of hydrogen-bond donors (Lipinski definition) is 0. The summed E-state index contributed by atoms with van der Waals surface area (Å²) in [5.74, 6) is 0. The summed E-state index contributed by atoms with van der Waals surface area (Å²) < 4.78 is 9.06. The summed E-state index contributed by atoms with van der Waals surface area (Å²) in [6, 6.07) is 0. The van der Waals surface area contributed by atoms with E-state index in [1.807, 2.05) is 6.66 Å². The number of halogens is 2. The topological polar surface area (TPSA) is 0 Å². The quantitative estimate of drug-likeness (QED) is 0.384. The summed E-state index contributed by atoms with van der Waals surface area (Å²) in [6.07, 6.45) is 9.93. The molecule has 0 radical (unpaired) electrons. The van der Waals surface area contributed by atoms with Gasteiger partial charge in [0, 0.05) is 0 Å². The summed E-state index contributed by atoms with van der Waals surface area (Å²) in [7, 11) is 0. The second kappa shape index (κ2) is 7.67. The molecule has 0 atom stereocenters. The molecule has 4 heteroatoms. The standard InChI is InChI=1S/2C8H11.2CH3.2ClH.Hf.H2Si/c2*1-3-8-5-4-7(2)6-8;;;;;;/h2*6H,3,5H2,1-2H3;2*1H3;2*1H;;1H2. The van der Waals surface area contributed by atoms with Crippen LogP contribution in [0.25, 0.3) is 0 Å². The third kappa shape index (κ3) is 3.99. The fraction of sp³-hybridized carbons (Fsp3) is 0.556. The Kier molecular flexibility index (Phi) is 7.89. The average molecular weight is 526 g/mol. The van der Waals surface area contributed by atoms with Gasteiger partial charge in [0.15, 0.2) is 0 Å². The molecule has 0 aromatic heterocycles. The van der Waals surface area contributed by atoms with Crippen LogP contribution in [0.4, 0.5) is 0 Å². The Bertz CT molecular complexity index is 592. The molecule has 0 aromatic rings. The molecular weight excluding hydrogens is 494 g/mol. The van der Waals surface area contributed by atoms with Crippen LogP contribution in [0.2, 0.25) is 9.36 Å².